The van der Waals surface area contributed by atoms with E-state index in [4.69, 9.17) is 4.74 Å². The summed E-state index contributed by atoms with van der Waals surface area (Å²) in [6.45, 7) is 8.56. The number of aryl methyl sites for hydroxylation is 1. The van der Waals surface area contributed by atoms with Gasteiger partial charge >= 0.3 is 18.1 Å². The Labute approximate surface area is 175 Å². The molecule has 4 heterocycles. The van der Waals surface area contributed by atoms with Gasteiger partial charge in [0.2, 0.25) is 11.9 Å². The highest BCUT2D eigenvalue weighted by atomic mass is 16.6. The lowest BCUT2D eigenvalue weighted by Crippen LogP contribution is -2.61. The SMILES string of the molecule is CCOC(=O)N1CCN(CCn2c(C)c[n+]3c2N=C2C3C(=O)N(C)C(=O)N2C)CC1. The smallest absolute Gasteiger partial charge is 0.409 e. The van der Waals surface area contributed by atoms with Crippen LogP contribution in [0.2, 0.25) is 0 Å². The predicted octanol–water partition coefficient (Wildman–Crippen LogP) is -0.0334. The molecule has 3 aliphatic rings. The average molecular weight is 418 g/mol. The van der Waals surface area contributed by atoms with E-state index in [0.29, 0.717) is 38.0 Å². The van der Waals surface area contributed by atoms with Crippen LogP contribution in [0.4, 0.5) is 15.5 Å². The number of hydrogen-bond donors (Lipinski definition) is 0. The van der Waals surface area contributed by atoms with Gasteiger partial charge in [-0.25, -0.2) is 18.7 Å². The first-order valence-corrected chi connectivity index (χ1v) is 10.2. The van der Waals surface area contributed by atoms with E-state index in [0.717, 1.165) is 30.2 Å². The van der Waals surface area contributed by atoms with Gasteiger partial charge in [0, 0.05) is 46.8 Å². The van der Waals surface area contributed by atoms with Gasteiger partial charge in [0.15, 0.2) is 0 Å². The van der Waals surface area contributed by atoms with Gasteiger partial charge in [-0.05, 0) is 13.8 Å². The molecule has 1 aromatic rings. The van der Waals surface area contributed by atoms with Crippen molar-refractivity contribution in [2.75, 3.05) is 53.4 Å². The molecule has 1 unspecified atom stereocenters. The fourth-order valence-corrected chi connectivity index (χ4v) is 4.20. The van der Waals surface area contributed by atoms with E-state index in [9.17, 15) is 14.4 Å². The van der Waals surface area contributed by atoms with Gasteiger partial charge in [-0.15, -0.1) is 0 Å². The molecule has 0 N–H and O–H groups in total. The summed E-state index contributed by atoms with van der Waals surface area (Å²) in [5.74, 6) is 0.878. The monoisotopic (exact) mass is 418 g/mol. The Morgan fingerprint density at radius 2 is 1.87 bits per heavy atom. The second-order valence-electron chi connectivity index (χ2n) is 7.77. The highest BCUT2D eigenvalue weighted by Gasteiger charge is 2.52. The number of hydrogen-bond acceptors (Lipinski definition) is 6. The van der Waals surface area contributed by atoms with Crippen LogP contribution in [-0.2, 0) is 16.1 Å². The van der Waals surface area contributed by atoms with Crippen molar-refractivity contribution < 1.29 is 23.7 Å². The molecule has 1 atom stereocenters. The number of imide groups is 1. The minimum Gasteiger partial charge on any atom is -0.450 e. The summed E-state index contributed by atoms with van der Waals surface area (Å²) in [6.07, 6.45) is 1.67. The number of likely N-dealkylation sites (N-methyl/N-ethyl adjacent to an activating group) is 2. The van der Waals surface area contributed by atoms with Crippen molar-refractivity contribution in [3.05, 3.63) is 11.9 Å². The number of carbonyl (C=O) groups is 3. The lowest BCUT2D eigenvalue weighted by molar-refractivity contribution is -0.677. The number of ether oxygens (including phenoxy) is 1. The topological polar surface area (TPSA) is 94.6 Å². The molecular weight excluding hydrogens is 390 g/mol. The van der Waals surface area contributed by atoms with E-state index < -0.39 is 6.04 Å². The molecule has 2 saturated heterocycles. The van der Waals surface area contributed by atoms with Crippen LogP contribution in [0, 0.1) is 6.92 Å². The number of carbonyl (C=O) groups excluding carboxylic acids is 3. The van der Waals surface area contributed by atoms with Crippen LogP contribution in [0.5, 0.6) is 0 Å². The zero-order chi connectivity index (χ0) is 21.6. The number of aliphatic imine (C=N–C) groups is 1. The summed E-state index contributed by atoms with van der Waals surface area (Å²) < 4.78 is 9.00. The lowest BCUT2D eigenvalue weighted by Gasteiger charge is -2.33. The van der Waals surface area contributed by atoms with E-state index in [-0.39, 0.29) is 18.0 Å². The quantitative estimate of drug-likeness (QED) is 0.640. The average Bonchev–Trinajstić information content (AvgIpc) is 3.24. The number of imidazole rings is 1. The first-order valence-electron chi connectivity index (χ1n) is 10.2. The molecule has 11 heteroatoms. The molecule has 11 nitrogen and oxygen atoms in total. The minimum atomic E-state index is -0.597. The third-order valence-corrected chi connectivity index (χ3v) is 5.98. The zero-order valence-electron chi connectivity index (χ0n) is 17.9. The van der Waals surface area contributed by atoms with E-state index in [1.165, 1.54) is 11.9 Å². The number of rotatable bonds is 4. The predicted molar refractivity (Wildman–Crippen MR) is 106 cm³/mol. The molecule has 4 amide bonds. The molecule has 2 fully saturated rings. The van der Waals surface area contributed by atoms with Crippen molar-refractivity contribution in [1.29, 1.82) is 0 Å². The van der Waals surface area contributed by atoms with E-state index in [2.05, 4.69) is 14.5 Å². The largest absolute Gasteiger partial charge is 0.450 e. The number of amides is 4. The van der Waals surface area contributed by atoms with Gasteiger partial charge in [-0.1, -0.05) is 4.99 Å². The Hall–Kier alpha value is -2.95. The first-order chi connectivity index (χ1) is 14.3. The molecule has 0 spiro atoms. The number of fused-ring (bicyclic) bond motifs is 3. The molecule has 0 aromatic carbocycles. The van der Waals surface area contributed by atoms with Crippen LogP contribution in [0.15, 0.2) is 11.2 Å². The summed E-state index contributed by atoms with van der Waals surface area (Å²) in [7, 11) is 3.14. The maximum absolute atomic E-state index is 12.7. The van der Waals surface area contributed by atoms with Gasteiger partial charge in [-0.3, -0.25) is 19.5 Å². The Kier molecular flexibility index (Phi) is 5.22. The second kappa shape index (κ2) is 7.71. The molecular formula is C19H28N7O4+. The summed E-state index contributed by atoms with van der Waals surface area (Å²) in [4.78, 5) is 48.0. The summed E-state index contributed by atoms with van der Waals surface area (Å²) in [5.41, 5.74) is 1.01. The van der Waals surface area contributed by atoms with Gasteiger partial charge in [0.1, 0.15) is 11.9 Å². The molecule has 1 aromatic heterocycles. The third-order valence-electron chi connectivity index (χ3n) is 5.98. The number of amidine groups is 1. The van der Waals surface area contributed by atoms with Crippen LogP contribution in [-0.4, -0.2) is 101 Å². The van der Waals surface area contributed by atoms with Crippen molar-refractivity contribution in [3.63, 3.8) is 0 Å². The number of urea groups is 1. The van der Waals surface area contributed by atoms with E-state index in [1.807, 2.05) is 24.6 Å². The molecule has 162 valence electrons. The Morgan fingerprint density at radius 1 is 1.17 bits per heavy atom. The van der Waals surface area contributed by atoms with Crippen molar-refractivity contribution in [1.82, 2.24) is 24.2 Å². The van der Waals surface area contributed by atoms with Gasteiger partial charge in [0.05, 0.1) is 13.2 Å². The number of nitrogens with zero attached hydrogens (tertiary/aromatic N) is 7. The Balaban J connectivity index is 1.45. The standard InChI is InChI=1S/C19H28N7O4/c1-5-30-19(29)24-9-6-23(7-10-24)8-11-25-13(2)12-26-14-15(20-17(25)26)21(3)18(28)22(4)16(14)27/h12,14H,5-11H2,1-4H3/q+1. The van der Waals surface area contributed by atoms with Crippen LogP contribution in [0.25, 0.3) is 0 Å². The molecule has 0 saturated carbocycles. The molecule has 0 aliphatic carbocycles. The summed E-state index contributed by atoms with van der Waals surface area (Å²) >= 11 is 0. The highest BCUT2D eigenvalue weighted by molar-refractivity contribution is 6.18. The fourth-order valence-electron chi connectivity index (χ4n) is 4.20. The molecule has 0 bridgehead atoms. The molecule has 30 heavy (non-hydrogen) atoms. The van der Waals surface area contributed by atoms with Gasteiger partial charge < -0.3 is 9.64 Å². The van der Waals surface area contributed by atoms with Crippen molar-refractivity contribution in [3.8, 4) is 0 Å². The third kappa shape index (κ3) is 3.22. The fraction of sp³-hybridized carbons (Fsp3) is 0.632. The number of piperazine rings is 1. The van der Waals surface area contributed by atoms with E-state index >= 15 is 0 Å². The van der Waals surface area contributed by atoms with E-state index in [1.54, 1.807) is 11.9 Å². The Morgan fingerprint density at radius 3 is 2.53 bits per heavy atom. The van der Waals surface area contributed by atoms with Crippen LogP contribution < -0.4 is 4.57 Å². The van der Waals surface area contributed by atoms with Crippen molar-refractivity contribution >= 4 is 29.8 Å². The van der Waals surface area contributed by atoms with Gasteiger partial charge in [-0.2, -0.15) is 0 Å². The molecule has 4 rings (SSSR count). The highest BCUT2D eigenvalue weighted by Crippen LogP contribution is 2.28. The molecule has 0 radical (unpaired) electrons. The van der Waals surface area contributed by atoms with Gasteiger partial charge in [0.25, 0.3) is 5.91 Å². The maximum atomic E-state index is 12.7. The van der Waals surface area contributed by atoms with Crippen molar-refractivity contribution in [2.24, 2.45) is 4.99 Å². The minimum absolute atomic E-state index is 0.251. The normalized spacial score (nSPS) is 21.7. The summed E-state index contributed by atoms with van der Waals surface area (Å²) in [6, 6.07) is -0.968. The maximum Gasteiger partial charge on any atom is 0.409 e. The Bertz CT molecular complexity index is 916. The number of aromatic nitrogens is 2. The summed E-state index contributed by atoms with van der Waals surface area (Å²) in [5, 5.41) is 0. The van der Waals surface area contributed by atoms with Crippen LogP contribution in [0.3, 0.4) is 0 Å². The first kappa shape index (κ1) is 20.3. The lowest BCUT2D eigenvalue weighted by atomic mass is 10.2. The van der Waals surface area contributed by atoms with Crippen LogP contribution >= 0.6 is 0 Å². The van der Waals surface area contributed by atoms with Crippen molar-refractivity contribution in [2.45, 2.75) is 26.4 Å². The molecule has 3 aliphatic heterocycles. The van der Waals surface area contributed by atoms with Crippen LogP contribution in [0.1, 0.15) is 18.7 Å². The zero-order valence-corrected chi connectivity index (χ0v) is 17.9. The second-order valence-corrected chi connectivity index (χ2v) is 7.77.